The Morgan fingerprint density at radius 2 is 1.82 bits per heavy atom. The van der Waals surface area contributed by atoms with E-state index in [4.69, 9.17) is 9.47 Å². The van der Waals surface area contributed by atoms with Gasteiger partial charge in [0.25, 0.3) is 11.8 Å². The predicted octanol–water partition coefficient (Wildman–Crippen LogP) is 4.62. The van der Waals surface area contributed by atoms with Crippen molar-refractivity contribution in [3.05, 3.63) is 83.9 Å². The normalized spacial score (nSPS) is 14.9. The van der Waals surface area contributed by atoms with Gasteiger partial charge < -0.3 is 19.7 Å². The van der Waals surface area contributed by atoms with Crippen molar-refractivity contribution in [3.63, 3.8) is 0 Å². The van der Waals surface area contributed by atoms with Crippen LogP contribution in [-0.2, 0) is 22.4 Å². The number of nitrogens with zero attached hydrogens (tertiary/aromatic N) is 1. The Balaban J connectivity index is 1.44. The van der Waals surface area contributed by atoms with Gasteiger partial charge in [0.15, 0.2) is 12.7 Å². The number of hydrogen-bond donors (Lipinski definition) is 1. The minimum Gasteiger partial charge on any atom is -0.484 e. The van der Waals surface area contributed by atoms with E-state index in [1.165, 1.54) is 0 Å². The summed E-state index contributed by atoms with van der Waals surface area (Å²) in [5.74, 6) is 0.918. The second-order valence-electron chi connectivity index (χ2n) is 8.01. The summed E-state index contributed by atoms with van der Waals surface area (Å²) in [6.07, 6.45) is 1.07. The second kappa shape index (κ2) is 10.2. The molecule has 3 aromatic rings. The van der Waals surface area contributed by atoms with Crippen molar-refractivity contribution >= 4 is 23.2 Å². The molecule has 1 heterocycles. The van der Waals surface area contributed by atoms with Crippen LogP contribution in [0.5, 0.6) is 11.5 Å². The molecule has 0 aliphatic carbocycles. The van der Waals surface area contributed by atoms with Crippen LogP contribution in [0.25, 0.3) is 0 Å². The van der Waals surface area contributed by atoms with Crippen molar-refractivity contribution < 1.29 is 19.1 Å². The first-order chi connectivity index (χ1) is 16.0. The molecule has 0 spiro atoms. The lowest BCUT2D eigenvalue weighted by molar-refractivity contribution is -0.125. The van der Waals surface area contributed by atoms with E-state index in [0.29, 0.717) is 29.4 Å². The Hall–Kier alpha value is -3.80. The fourth-order valence-electron chi connectivity index (χ4n) is 3.80. The van der Waals surface area contributed by atoms with Crippen molar-refractivity contribution in [3.8, 4) is 11.5 Å². The number of anilines is 2. The van der Waals surface area contributed by atoms with Crippen molar-refractivity contribution in [1.82, 2.24) is 0 Å². The van der Waals surface area contributed by atoms with E-state index in [-0.39, 0.29) is 18.4 Å². The van der Waals surface area contributed by atoms with Gasteiger partial charge in [-0.2, -0.15) is 0 Å². The number of rotatable bonds is 8. The summed E-state index contributed by atoms with van der Waals surface area (Å²) in [7, 11) is 0. The monoisotopic (exact) mass is 444 g/mol. The van der Waals surface area contributed by atoms with E-state index in [2.05, 4.69) is 12.2 Å². The molecule has 1 aliphatic heterocycles. The third-order valence-electron chi connectivity index (χ3n) is 5.59. The van der Waals surface area contributed by atoms with E-state index in [9.17, 15) is 9.59 Å². The standard InChI is InChI=1S/C27H28N2O4/c1-3-20-10-7-11-23(16-20)32-18-26(30)28-22-12-13-25-24(17-22)29(27(31)19(2)33-25)15-14-21-8-5-4-6-9-21/h4-13,16-17,19H,3,14-15,18H2,1-2H3,(H,28,30). The molecule has 0 saturated carbocycles. The third kappa shape index (κ3) is 5.52. The van der Waals surface area contributed by atoms with Crippen LogP contribution in [0.2, 0.25) is 0 Å². The topological polar surface area (TPSA) is 67.9 Å². The molecule has 3 aromatic carbocycles. The Kier molecular flexibility index (Phi) is 6.93. The lowest BCUT2D eigenvalue weighted by atomic mass is 10.1. The molecule has 2 amide bonds. The van der Waals surface area contributed by atoms with Crippen LogP contribution in [0, 0.1) is 0 Å². The first-order valence-corrected chi connectivity index (χ1v) is 11.2. The molecule has 0 fully saturated rings. The summed E-state index contributed by atoms with van der Waals surface area (Å²) in [5.41, 5.74) is 3.54. The van der Waals surface area contributed by atoms with Crippen LogP contribution in [0.4, 0.5) is 11.4 Å². The number of fused-ring (bicyclic) bond motifs is 1. The van der Waals surface area contributed by atoms with Gasteiger partial charge >= 0.3 is 0 Å². The van der Waals surface area contributed by atoms with Crippen molar-refractivity contribution in [2.45, 2.75) is 32.8 Å². The van der Waals surface area contributed by atoms with Crippen LogP contribution >= 0.6 is 0 Å². The molecule has 0 radical (unpaired) electrons. The highest BCUT2D eigenvalue weighted by molar-refractivity contribution is 6.01. The highest BCUT2D eigenvalue weighted by Gasteiger charge is 2.31. The van der Waals surface area contributed by atoms with Gasteiger partial charge in [-0.05, 0) is 61.2 Å². The Morgan fingerprint density at radius 3 is 2.61 bits per heavy atom. The first kappa shape index (κ1) is 22.4. The van der Waals surface area contributed by atoms with Crippen molar-refractivity contribution in [1.29, 1.82) is 0 Å². The predicted molar refractivity (Wildman–Crippen MR) is 129 cm³/mol. The summed E-state index contributed by atoms with van der Waals surface area (Å²) in [4.78, 5) is 27.1. The fourth-order valence-corrected chi connectivity index (χ4v) is 3.80. The minimum absolute atomic E-state index is 0.0963. The molecule has 0 saturated heterocycles. The summed E-state index contributed by atoms with van der Waals surface area (Å²) in [6.45, 7) is 4.24. The van der Waals surface area contributed by atoms with Gasteiger partial charge in [0.2, 0.25) is 0 Å². The zero-order chi connectivity index (χ0) is 23.2. The van der Waals surface area contributed by atoms with Crippen LogP contribution in [0.1, 0.15) is 25.0 Å². The van der Waals surface area contributed by atoms with Crippen LogP contribution in [0.3, 0.4) is 0 Å². The molecule has 33 heavy (non-hydrogen) atoms. The minimum atomic E-state index is -0.555. The van der Waals surface area contributed by atoms with Gasteiger partial charge in [-0.1, -0.05) is 49.4 Å². The molecule has 6 heteroatoms. The Labute approximate surface area is 194 Å². The van der Waals surface area contributed by atoms with E-state index >= 15 is 0 Å². The molecule has 1 atom stereocenters. The van der Waals surface area contributed by atoms with Crippen LogP contribution in [-0.4, -0.2) is 31.1 Å². The number of amides is 2. The number of hydrogen-bond acceptors (Lipinski definition) is 4. The lowest BCUT2D eigenvalue weighted by Gasteiger charge is -2.33. The molecule has 0 bridgehead atoms. The van der Waals surface area contributed by atoms with Gasteiger partial charge in [-0.25, -0.2) is 0 Å². The van der Waals surface area contributed by atoms with E-state index in [1.54, 1.807) is 30.0 Å². The highest BCUT2D eigenvalue weighted by Crippen LogP contribution is 2.36. The molecule has 6 nitrogen and oxygen atoms in total. The number of carbonyl (C=O) groups is 2. The van der Waals surface area contributed by atoms with E-state index < -0.39 is 6.10 Å². The lowest BCUT2D eigenvalue weighted by Crippen LogP contribution is -2.45. The molecular weight excluding hydrogens is 416 g/mol. The largest absolute Gasteiger partial charge is 0.484 e. The van der Waals surface area contributed by atoms with E-state index in [1.807, 2.05) is 54.6 Å². The molecule has 0 aromatic heterocycles. The highest BCUT2D eigenvalue weighted by atomic mass is 16.5. The van der Waals surface area contributed by atoms with Crippen molar-refractivity contribution in [2.75, 3.05) is 23.4 Å². The summed E-state index contributed by atoms with van der Waals surface area (Å²) in [5, 5.41) is 2.85. The number of ether oxygens (including phenoxy) is 2. The molecule has 170 valence electrons. The summed E-state index contributed by atoms with van der Waals surface area (Å²) >= 11 is 0. The van der Waals surface area contributed by atoms with Gasteiger partial charge in [-0.15, -0.1) is 0 Å². The Morgan fingerprint density at radius 1 is 1.03 bits per heavy atom. The molecule has 4 rings (SSSR count). The smallest absolute Gasteiger partial charge is 0.267 e. The van der Waals surface area contributed by atoms with Crippen LogP contribution in [0.15, 0.2) is 72.8 Å². The number of aryl methyl sites for hydroxylation is 1. The second-order valence-corrected chi connectivity index (χ2v) is 8.01. The van der Waals surface area contributed by atoms with Crippen LogP contribution < -0.4 is 19.7 Å². The van der Waals surface area contributed by atoms with Gasteiger partial charge in [-0.3, -0.25) is 9.59 Å². The first-order valence-electron chi connectivity index (χ1n) is 11.2. The van der Waals surface area contributed by atoms with Gasteiger partial charge in [0.1, 0.15) is 11.5 Å². The average Bonchev–Trinajstić information content (AvgIpc) is 2.84. The van der Waals surface area contributed by atoms with E-state index in [0.717, 1.165) is 24.0 Å². The quantitative estimate of drug-likeness (QED) is 0.550. The number of carbonyl (C=O) groups excluding carboxylic acids is 2. The Bertz CT molecular complexity index is 1130. The maximum Gasteiger partial charge on any atom is 0.267 e. The van der Waals surface area contributed by atoms with Gasteiger partial charge in [0, 0.05) is 12.2 Å². The fraction of sp³-hybridized carbons (Fsp3) is 0.259. The molecule has 1 N–H and O–H groups in total. The maximum absolute atomic E-state index is 12.8. The summed E-state index contributed by atoms with van der Waals surface area (Å²) < 4.78 is 11.4. The zero-order valence-electron chi connectivity index (χ0n) is 18.9. The third-order valence-corrected chi connectivity index (χ3v) is 5.59. The van der Waals surface area contributed by atoms with Crippen molar-refractivity contribution in [2.24, 2.45) is 0 Å². The SMILES string of the molecule is CCc1cccc(OCC(=O)Nc2ccc3c(c2)N(CCc2ccccc2)C(=O)C(C)O3)c1. The number of benzene rings is 3. The molecule has 1 unspecified atom stereocenters. The molecular formula is C27H28N2O4. The average molecular weight is 445 g/mol. The zero-order valence-corrected chi connectivity index (χ0v) is 18.9. The maximum atomic E-state index is 12.8. The summed E-state index contributed by atoms with van der Waals surface area (Å²) in [6, 6.07) is 23.1. The molecule has 1 aliphatic rings. The van der Waals surface area contributed by atoms with Gasteiger partial charge in [0.05, 0.1) is 5.69 Å². The number of nitrogens with one attached hydrogen (secondary N) is 1.